The lowest BCUT2D eigenvalue weighted by atomic mass is 9.93. The Labute approximate surface area is 115 Å². The van der Waals surface area contributed by atoms with E-state index in [0.29, 0.717) is 0 Å². The van der Waals surface area contributed by atoms with Crippen LogP contribution in [0.3, 0.4) is 0 Å². The molecule has 19 heavy (non-hydrogen) atoms. The van der Waals surface area contributed by atoms with Crippen LogP contribution < -0.4 is 10.2 Å². The monoisotopic (exact) mass is 260 g/mol. The number of fused-ring (bicyclic) bond motifs is 2. The second-order valence-corrected chi connectivity index (χ2v) is 5.58. The highest BCUT2D eigenvalue weighted by Crippen LogP contribution is 2.31. The molecule has 0 aliphatic carbocycles. The van der Waals surface area contributed by atoms with Gasteiger partial charge >= 0.3 is 0 Å². The van der Waals surface area contributed by atoms with Crippen LogP contribution >= 0.6 is 0 Å². The first-order valence-electron chi connectivity index (χ1n) is 7.48. The number of benzene rings is 1. The van der Waals surface area contributed by atoms with E-state index in [1.165, 1.54) is 37.9 Å². The van der Waals surface area contributed by atoms with Crippen LogP contribution in [0.2, 0.25) is 0 Å². The SMILES string of the molecule is COCCN1CCCc2cc3c(cc21)CCNCC3. The normalized spacial score (nSPS) is 18.7. The van der Waals surface area contributed by atoms with E-state index in [4.69, 9.17) is 4.74 Å². The third-order valence-electron chi connectivity index (χ3n) is 4.32. The minimum atomic E-state index is 0.818. The fraction of sp³-hybridized carbons (Fsp3) is 0.625. The summed E-state index contributed by atoms with van der Waals surface area (Å²) >= 11 is 0. The molecule has 0 atom stereocenters. The van der Waals surface area contributed by atoms with Gasteiger partial charge in [-0.2, -0.15) is 0 Å². The van der Waals surface area contributed by atoms with Gasteiger partial charge in [-0.3, -0.25) is 0 Å². The summed E-state index contributed by atoms with van der Waals surface area (Å²) < 4.78 is 5.24. The summed E-state index contributed by atoms with van der Waals surface area (Å²) in [6.07, 6.45) is 4.86. The van der Waals surface area contributed by atoms with Crippen molar-refractivity contribution in [2.24, 2.45) is 0 Å². The molecule has 0 saturated heterocycles. The molecule has 3 rings (SSSR count). The number of nitrogens with one attached hydrogen (secondary N) is 1. The summed E-state index contributed by atoms with van der Waals surface area (Å²) in [6, 6.07) is 4.92. The van der Waals surface area contributed by atoms with E-state index in [9.17, 15) is 0 Å². The van der Waals surface area contributed by atoms with E-state index < -0.39 is 0 Å². The number of hydrogen-bond acceptors (Lipinski definition) is 3. The second kappa shape index (κ2) is 5.93. The highest BCUT2D eigenvalue weighted by Gasteiger charge is 2.19. The highest BCUT2D eigenvalue weighted by atomic mass is 16.5. The van der Waals surface area contributed by atoms with Crippen LogP contribution in [0.1, 0.15) is 23.1 Å². The summed E-state index contributed by atoms with van der Waals surface area (Å²) in [5.74, 6) is 0. The lowest BCUT2D eigenvalue weighted by molar-refractivity contribution is 0.205. The van der Waals surface area contributed by atoms with Gasteiger partial charge in [0.2, 0.25) is 0 Å². The molecule has 2 heterocycles. The Hall–Kier alpha value is -1.06. The average Bonchev–Trinajstić information content (AvgIpc) is 2.67. The molecule has 0 unspecified atom stereocenters. The van der Waals surface area contributed by atoms with E-state index in [1.54, 1.807) is 23.8 Å². The van der Waals surface area contributed by atoms with E-state index in [2.05, 4.69) is 22.3 Å². The number of ether oxygens (including phenoxy) is 1. The Morgan fingerprint density at radius 2 is 1.89 bits per heavy atom. The van der Waals surface area contributed by atoms with Gasteiger partial charge in [0.25, 0.3) is 0 Å². The number of nitrogens with zero attached hydrogens (tertiary/aromatic N) is 1. The van der Waals surface area contributed by atoms with Gasteiger partial charge in [0.15, 0.2) is 0 Å². The lowest BCUT2D eigenvalue weighted by Crippen LogP contribution is -2.32. The van der Waals surface area contributed by atoms with Crippen molar-refractivity contribution in [2.45, 2.75) is 25.7 Å². The van der Waals surface area contributed by atoms with Gasteiger partial charge in [0.05, 0.1) is 6.61 Å². The zero-order chi connectivity index (χ0) is 13.1. The van der Waals surface area contributed by atoms with Gasteiger partial charge in [-0.1, -0.05) is 6.07 Å². The van der Waals surface area contributed by atoms with Crippen molar-refractivity contribution < 1.29 is 4.74 Å². The average molecular weight is 260 g/mol. The Bertz CT molecular complexity index is 445. The van der Waals surface area contributed by atoms with E-state index in [0.717, 1.165) is 26.2 Å². The number of anilines is 1. The summed E-state index contributed by atoms with van der Waals surface area (Å²) in [5, 5.41) is 3.50. The van der Waals surface area contributed by atoms with Crippen molar-refractivity contribution in [3.05, 3.63) is 28.8 Å². The predicted molar refractivity (Wildman–Crippen MR) is 79.1 cm³/mol. The molecule has 0 amide bonds. The molecular weight excluding hydrogens is 236 g/mol. The maximum Gasteiger partial charge on any atom is 0.0637 e. The van der Waals surface area contributed by atoms with Gasteiger partial charge in [-0.25, -0.2) is 0 Å². The summed E-state index contributed by atoms with van der Waals surface area (Å²) in [7, 11) is 1.79. The smallest absolute Gasteiger partial charge is 0.0637 e. The van der Waals surface area contributed by atoms with Crippen LogP contribution in [0, 0.1) is 0 Å². The third kappa shape index (κ3) is 2.77. The Kier molecular flexibility index (Phi) is 4.04. The molecule has 0 spiro atoms. The predicted octanol–water partition coefficient (Wildman–Crippen LogP) is 1.77. The van der Waals surface area contributed by atoms with Gasteiger partial charge in [-0.05, 0) is 61.5 Å². The first kappa shape index (κ1) is 12.9. The Morgan fingerprint density at radius 1 is 1.11 bits per heavy atom. The molecule has 2 aliphatic rings. The highest BCUT2D eigenvalue weighted by molar-refractivity contribution is 5.59. The summed E-state index contributed by atoms with van der Waals surface area (Å²) in [4.78, 5) is 2.50. The topological polar surface area (TPSA) is 24.5 Å². The van der Waals surface area contributed by atoms with Crippen LogP contribution in [0.4, 0.5) is 5.69 Å². The van der Waals surface area contributed by atoms with Crippen molar-refractivity contribution in [3.8, 4) is 0 Å². The zero-order valence-corrected chi connectivity index (χ0v) is 11.9. The molecule has 0 saturated carbocycles. The quantitative estimate of drug-likeness (QED) is 0.896. The van der Waals surface area contributed by atoms with E-state index in [-0.39, 0.29) is 0 Å². The van der Waals surface area contributed by atoms with Crippen LogP contribution in [0.25, 0.3) is 0 Å². The molecule has 0 fully saturated rings. The van der Waals surface area contributed by atoms with Gasteiger partial charge in [-0.15, -0.1) is 0 Å². The molecular formula is C16H24N2O. The minimum absolute atomic E-state index is 0.818. The first-order valence-corrected chi connectivity index (χ1v) is 7.48. The molecule has 3 heteroatoms. The van der Waals surface area contributed by atoms with Gasteiger partial charge < -0.3 is 15.0 Å². The molecule has 3 nitrogen and oxygen atoms in total. The van der Waals surface area contributed by atoms with Crippen LogP contribution in [0.15, 0.2) is 12.1 Å². The second-order valence-electron chi connectivity index (χ2n) is 5.58. The summed E-state index contributed by atoms with van der Waals surface area (Å²) in [5.41, 5.74) is 6.12. The van der Waals surface area contributed by atoms with Crippen molar-refractivity contribution in [2.75, 3.05) is 44.8 Å². The van der Waals surface area contributed by atoms with Crippen molar-refractivity contribution in [1.29, 1.82) is 0 Å². The molecule has 0 aromatic heterocycles. The molecule has 2 aliphatic heterocycles. The number of hydrogen-bond donors (Lipinski definition) is 1. The standard InChI is InChI=1S/C16H24N2O/c1-19-10-9-18-8-2-3-15-11-13-4-6-17-7-5-14(13)12-16(15)18/h11-12,17H,2-10H2,1H3. The fourth-order valence-corrected chi connectivity index (χ4v) is 3.27. The van der Waals surface area contributed by atoms with Gasteiger partial charge in [0, 0.05) is 25.9 Å². The number of methoxy groups -OCH3 is 1. The Balaban J connectivity index is 1.90. The third-order valence-corrected chi connectivity index (χ3v) is 4.32. The van der Waals surface area contributed by atoms with E-state index >= 15 is 0 Å². The maximum absolute atomic E-state index is 5.24. The number of aryl methyl sites for hydroxylation is 1. The van der Waals surface area contributed by atoms with Gasteiger partial charge in [0.1, 0.15) is 0 Å². The van der Waals surface area contributed by atoms with Crippen LogP contribution in [0.5, 0.6) is 0 Å². The van der Waals surface area contributed by atoms with E-state index in [1.807, 2.05) is 0 Å². The van der Waals surface area contributed by atoms with Crippen molar-refractivity contribution >= 4 is 5.69 Å². The summed E-state index contributed by atoms with van der Waals surface area (Å²) in [6.45, 7) is 5.25. The fourth-order valence-electron chi connectivity index (χ4n) is 3.27. The first-order chi connectivity index (χ1) is 9.38. The molecule has 1 N–H and O–H groups in total. The Morgan fingerprint density at radius 3 is 2.68 bits per heavy atom. The lowest BCUT2D eigenvalue weighted by Gasteiger charge is -2.32. The van der Waals surface area contributed by atoms with Crippen LogP contribution in [-0.4, -0.2) is 39.9 Å². The minimum Gasteiger partial charge on any atom is -0.383 e. The van der Waals surface area contributed by atoms with Crippen molar-refractivity contribution in [1.82, 2.24) is 5.32 Å². The molecule has 0 bridgehead atoms. The molecule has 1 aromatic rings. The molecule has 0 radical (unpaired) electrons. The van der Waals surface area contributed by atoms with Crippen molar-refractivity contribution in [3.63, 3.8) is 0 Å². The molecule has 104 valence electrons. The maximum atomic E-state index is 5.24. The largest absolute Gasteiger partial charge is 0.383 e. The molecule has 1 aromatic carbocycles. The number of rotatable bonds is 3. The van der Waals surface area contributed by atoms with Crippen LogP contribution in [-0.2, 0) is 24.0 Å². The zero-order valence-electron chi connectivity index (χ0n) is 11.9.